The number of hydrogen-bond donors (Lipinski definition) is 2. The summed E-state index contributed by atoms with van der Waals surface area (Å²) in [6.07, 6.45) is 6.87. The molecule has 0 spiro atoms. The first-order chi connectivity index (χ1) is 8.08. The van der Waals surface area contributed by atoms with Gasteiger partial charge in [0.15, 0.2) is 0 Å². The van der Waals surface area contributed by atoms with E-state index in [4.69, 9.17) is 4.74 Å². The molecular weight excluding hydrogens is 218 g/mol. The van der Waals surface area contributed by atoms with E-state index in [1.165, 1.54) is 32.1 Å². The number of nitrogens with one attached hydrogen (secondary N) is 1. The van der Waals surface area contributed by atoms with Crippen LogP contribution in [0.2, 0.25) is 0 Å². The molecular formula is C13H25NO3. The predicted molar refractivity (Wildman–Crippen MR) is 67.1 cm³/mol. The molecule has 1 aliphatic rings. The highest BCUT2D eigenvalue weighted by Gasteiger charge is 2.32. The van der Waals surface area contributed by atoms with Gasteiger partial charge in [-0.2, -0.15) is 0 Å². The van der Waals surface area contributed by atoms with Crippen molar-refractivity contribution in [2.75, 3.05) is 20.3 Å². The van der Waals surface area contributed by atoms with E-state index in [0.717, 1.165) is 6.54 Å². The Morgan fingerprint density at radius 3 is 2.59 bits per heavy atom. The predicted octanol–water partition coefficient (Wildman–Crippen LogP) is 2.04. The Morgan fingerprint density at radius 2 is 2.06 bits per heavy atom. The van der Waals surface area contributed by atoms with Gasteiger partial charge in [0, 0.05) is 13.7 Å². The maximum Gasteiger partial charge on any atom is 0.323 e. The van der Waals surface area contributed by atoms with Crippen LogP contribution < -0.4 is 5.32 Å². The molecule has 0 aromatic heterocycles. The summed E-state index contributed by atoms with van der Waals surface area (Å²) in [6, 6.07) is 0. The summed E-state index contributed by atoms with van der Waals surface area (Å²) in [5.74, 6) is -0.143. The molecule has 0 aliphatic heterocycles. The minimum absolute atomic E-state index is 0.473. The van der Waals surface area contributed by atoms with Crippen LogP contribution in [0.5, 0.6) is 0 Å². The van der Waals surface area contributed by atoms with Gasteiger partial charge < -0.3 is 15.2 Å². The summed E-state index contributed by atoms with van der Waals surface area (Å²) in [5, 5.41) is 12.5. The van der Waals surface area contributed by atoms with Gasteiger partial charge in [-0.15, -0.1) is 0 Å². The van der Waals surface area contributed by atoms with Crippen LogP contribution in [0.3, 0.4) is 0 Å². The molecule has 1 fully saturated rings. The van der Waals surface area contributed by atoms with Gasteiger partial charge in [-0.05, 0) is 38.6 Å². The van der Waals surface area contributed by atoms with Crippen molar-refractivity contribution in [3.8, 4) is 0 Å². The summed E-state index contributed by atoms with van der Waals surface area (Å²) in [4.78, 5) is 11.3. The highest BCUT2D eigenvalue weighted by atomic mass is 16.5. The van der Waals surface area contributed by atoms with Crippen LogP contribution in [0.4, 0.5) is 0 Å². The van der Waals surface area contributed by atoms with E-state index < -0.39 is 11.5 Å². The molecule has 0 saturated heterocycles. The van der Waals surface area contributed by atoms with Crippen molar-refractivity contribution in [1.82, 2.24) is 5.32 Å². The second kappa shape index (κ2) is 6.97. The van der Waals surface area contributed by atoms with Crippen molar-refractivity contribution in [3.05, 3.63) is 0 Å². The fourth-order valence-corrected chi connectivity index (χ4v) is 2.34. The summed E-state index contributed by atoms with van der Waals surface area (Å²) in [6.45, 7) is 3.03. The number of ether oxygens (including phenoxy) is 1. The molecule has 1 atom stereocenters. The fourth-order valence-electron chi connectivity index (χ4n) is 2.34. The second-order valence-corrected chi connectivity index (χ2v) is 5.26. The monoisotopic (exact) mass is 243 g/mol. The highest BCUT2D eigenvalue weighted by molar-refractivity contribution is 5.78. The van der Waals surface area contributed by atoms with Crippen LogP contribution in [0.25, 0.3) is 0 Å². The number of carboxylic acids is 1. The quantitative estimate of drug-likeness (QED) is 0.718. The Hall–Kier alpha value is -0.610. The van der Waals surface area contributed by atoms with Crippen molar-refractivity contribution in [2.24, 2.45) is 5.92 Å². The van der Waals surface area contributed by atoms with E-state index in [0.29, 0.717) is 18.9 Å². The zero-order chi connectivity index (χ0) is 12.7. The van der Waals surface area contributed by atoms with E-state index in [1.807, 2.05) is 0 Å². The second-order valence-electron chi connectivity index (χ2n) is 5.26. The molecule has 1 rings (SSSR count). The molecule has 100 valence electrons. The molecule has 0 aromatic rings. The van der Waals surface area contributed by atoms with E-state index >= 15 is 0 Å². The van der Waals surface area contributed by atoms with Gasteiger partial charge in [0.05, 0.1) is 0 Å². The van der Waals surface area contributed by atoms with Crippen LogP contribution in [0.1, 0.15) is 45.4 Å². The average molecular weight is 243 g/mol. The molecule has 0 amide bonds. The molecule has 1 saturated carbocycles. The summed E-state index contributed by atoms with van der Waals surface area (Å²) >= 11 is 0. The van der Waals surface area contributed by atoms with E-state index in [1.54, 1.807) is 14.0 Å². The van der Waals surface area contributed by atoms with Crippen molar-refractivity contribution < 1.29 is 14.6 Å². The number of methoxy groups -OCH3 is 1. The lowest BCUT2D eigenvalue weighted by molar-refractivity contribution is -0.145. The summed E-state index contributed by atoms with van der Waals surface area (Å²) < 4.78 is 4.98. The highest BCUT2D eigenvalue weighted by Crippen LogP contribution is 2.23. The number of hydrogen-bond acceptors (Lipinski definition) is 3. The van der Waals surface area contributed by atoms with Crippen LogP contribution in [-0.4, -0.2) is 36.9 Å². The molecule has 4 nitrogen and oxygen atoms in total. The van der Waals surface area contributed by atoms with Crippen LogP contribution in [0, 0.1) is 5.92 Å². The third kappa shape index (κ3) is 4.64. The third-order valence-electron chi connectivity index (χ3n) is 3.78. The zero-order valence-electron chi connectivity index (χ0n) is 11.0. The van der Waals surface area contributed by atoms with Gasteiger partial charge in [0.2, 0.25) is 0 Å². The minimum Gasteiger partial charge on any atom is -0.480 e. The lowest BCUT2D eigenvalue weighted by Crippen LogP contribution is -2.51. The fraction of sp³-hybridized carbons (Fsp3) is 0.923. The standard InChI is InChI=1S/C13H25NO3/c1-13(12(15)16,8-9-17-2)14-10-11-6-4-3-5-7-11/h11,14H,3-10H2,1-2H3,(H,15,16). The largest absolute Gasteiger partial charge is 0.480 e. The molecule has 2 N–H and O–H groups in total. The van der Waals surface area contributed by atoms with Crippen LogP contribution in [-0.2, 0) is 9.53 Å². The first-order valence-corrected chi connectivity index (χ1v) is 6.56. The minimum atomic E-state index is -0.854. The zero-order valence-corrected chi connectivity index (χ0v) is 11.0. The Balaban J connectivity index is 2.39. The maximum absolute atomic E-state index is 11.3. The van der Waals surface area contributed by atoms with Gasteiger partial charge in [0.25, 0.3) is 0 Å². The summed E-state index contributed by atoms with van der Waals surface area (Å²) in [5.41, 5.74) is -0.854. The normalized spacial score (nSPS) is 21.1. The Kier molecular flexibility index (Phi) is 5.92. The van der Waals surface area contributed by atoms with Crippen LogP contribution >= 0.6 is 0 Å². The van der Waals surface area contributed by atoms with E-state index in [9.17, 15) is 9.90 Å². The van der Waals surface area contributed by atoms with Crippen molar-refractivity contribution in [2.45, 2.75) is 51.0 Å². The lowest BCUT2D eigenvalue weighted by atomic mass is 9.88. The number of carbonyl (C=O) groups is 1. The van der Waals surface area contributed by atoms with Crippen molar-refractivity contribution in [1.29, 1.82) is 0 Å². The molecule has 17 heavy (non-hydrogen) atoms. The Bertz CT molecular complexity index is 239. The Labute approximate surface area is 104 Å². The van der Waals surface area contributed by atoms with Gasteiger partial charge in [0.1, 0.15) is 5.54 Å². The molecule has 4 heteroatoms. The maximum atomic E-state index is 11.3. The summed E-state index contributed by atoms with van der Waals surface area (Å²) in [7, 11) is 1.60. The van der Waals surface area contributed by atoms with Gasteiger partial charge in [-0.1, -0.05) is 19.3 Å². The van der Waals surface area contributed by atoms with E-state index in [2.05, 4.69) is 5.32 Å². The molecule has 0 heterocycles. The van der Waals surface area contributed by atoms with Gasteiger partial charge >= 0.3 is 5.97 Å². The third-order valence-corrected chi connectivity index (χ3v) is 3.78. The van der Waals surface area contributed by atoms with Crippen molar-refractivity contribution in [3.63, 3.8) is 0 Å². The number of carboxylic acid groups (broad SMARTS) is 1. The van der Waals surface area contributed by atoms with Crippen LogP contribution in [0.15, 0.2) is 0 Å². The smallest absolute Gasteiger partial charge is 0.323 e. The van der Waals surface area contributed by atoms with Gasteiger partial charge in [-0.3, -0.25) is 4.79 Å². The van der Waals surface area contributed by atoms with Gasteiger partial charge in [-0.25, -0.2) is 0 Å². The molecule has 1 unspecified atom stereocenters. The lowest BCUT2D eigenvalue weighted by Gasteiger charge is -2.30. The number of aliphatic carboxylic acids is 1. The first-order valence-electron chi connectivity index (χ1n) is 6.56. The molecule has 0 aromatic carbocycles. The first kappa shape index (κ1) is 14.5. The molecule has 0 bridgehead atoms. The Morgan fingerprint density at radius 1 is 1.41 bits per heavy atom. The number of rotatable bonds is 7. The molecule has 0 radical (unpaired) electrons. The average Bonchev–Trinajstić information content (AvgIpc) is 2.35. The van der Waals surface area contributed by atoms with Crippen molar-refractivity contribution >= 4 is 5.97 Å². The molecule has 1 aliphatic carbocycles. The SMILES string of the molecule is COCCC(C)(NCC1CCCCC1)C(=O)O. The topological polar surface area (TPSA) is 58.6 Å². The van der Waals surface area contributed by atoms with E-state index in [-0.39, 0.29) is 0 Å².